The molecule has 2 fully saturated rings. The number of carbonyl (C=O) groups is 2. The zero-order valence-corrected chi connectivity index (χ0v) is 20.3. The lowest BCUT2D eigenvalue weighted by Gasteiger charge is -2.19. The molecule has 0 radical (unpaired) electrons. The van der Waals surface area contributed by atoms with Crippen molar-refractivity contribution >= 4 is 11.9 Å². The highest BCUT2D eigenvalue weighted by atomic mass is 16.6. The van der Waals surface area contributed by atoms with Crippen LogP contribution in [0.25, 0.3) is 0 Å². The summed E-state index contributed by atoms with van der Waals surface area (Å²) in [6.07, 6.45) is 5.61. The summed E-state index contributed by atoms with van der Waals surface area (Å²) in [5.41, 5.74) is 1.32. The smallest absolute Gasteiger partial charge is 0.347 e. The van der Waals surface area contributed by atoms with Gasteiger partial charge >= 0.3 is 11.9 Å². The van der Waals surface area contributed by atoms with Crippen molar-refractivity contribution in [2.24, 2.45) is 23.7 Å². The van der Waals surface area contributed by atoms with Gasteiger partial charge in [0.25, 0.3) is 0 Å². The van der Waals surface area contributed by atoms with Crippen molar-refractivity contribution in [3.8, 4) is 11.8 Å². The molecule has 2 rings (SSSR count). The molecule has 0 aliphatic heterocycles. The van der Waals surface area contributed by atoms with E-state index in [1.54, 1.807) is 26.8 Å². The predicted molar refractivity (Wildman–Crippen MR) is 127 cm³/mol. The van der Waals surface area contributed by atoms with E-state index < -0.39 is 42.5 Å². The quantitative estimate of drug-likeness (QED) is 0.209. The molecule has 6 heteroatoms. The van der Waals surface area contributed by atoms with Crippen molar-refractivity contribution in [2.45, 2.75) is 90.9 Å². The third-order valence-electron chi connectivity index (χ3n) is 6.52. The molecule has 33 heavy (non-hydrogen) atoms. The van der Waals surface area contributed by atoms with Crippen LogP contribution in [-0.2, 0) is 19.1 Å². The number of unbranched alkanes of at least 4 members (excludes halogenated alkanes) is 1. The number of fused-ring (bicyclic) bond motifs is 1. The largest absolute Gasteiger partial charge is 0.463 e. The molecule has 0 aromatic carbocycles. The van der Waals surface area contributed by atoms with Crippen LogP contribution in [0.3, 0.4) is 0 Å². The van der Waals surface area contributed by atoms with Crippen molar-refractivity contribution < 1.29 is 32.0 Å². The van der Waals surface area contributed by atoms with Crippen molar-refractivity contribution in [3.05, 3.63) is 23.8 Å². The van der Waals surface area contributed by atoms with Crippen LogP contribution >= 0.6 is 0 Å². The van der Waals surface area contributed by atoms with Gasteiger partial charge in [0.05, 0.1) is 18.8 Å². The number of ether oxygens (including phenoxy) is 2. The average Bonchev–Trinajstić information content (AvgIpc) is 3.30. The Morgan fingerprint density at radius 2 is 2.09 bits per heavy atom. The van der Waals surface area contributed by atoms with E-state index in [4.69, 9.17) is 12.2 Å². The fourth-order valence-electron chi connectivity index (χ4n) is 4.74. The van der Waals surface area contributed by atoms with E-state index in [0.29, 0.717) is 18.8 Å². The van der Waals surface area contributed by atoms with E-state index >= 15 is 0 Å². The van der Waals surface area contributed by atoms with E-state index in [2.05, 4.69) is 17.9 Å². The molecule has 184 valence electrons. The Balaban J connectivity index is 1.84. The van der Waals surface area contributed by atoms with E-state index in [9.17, 15) is 19.8 Å². The third kappa shape index (κ3) is 8.32. The fraction of sp³-hybridized carbons (Fsp3) is 0.704. The fourth-order valence-corrected chi connectivity index (χ4v) is 4.74. The Morgan fingerprint density at radius 3 is 2.79 bits per heavy atom. The number of aliphatic hydroxyl groups excluding tert-OH is 2. The Morgan fingerprint density at radius 1 is 1.33 bits per heavy atom. The highest BCUT2D eigenvalue weighted by Crippen LogP contribution is 2.50. The van der Waals surface area contributed by atoms with Gasteiger partial charge in [0.15, 0.2) is 6.10 Å². The third-order valence-corrected chi connectivity index (χ3v) is 6.52. The first-order chi connectivity index (χ1) is 16.5. The van der Waals surface area contributed by atoms with Gasteiger partial charge in [0, 0.05) is 21.5 Å². The summed E-state index contributed by atoms with van der Waals surface area (Å²) < 4.78 is 25.9. The molecule has 0 saturated heterocycles. The number of allylic oxidation sites excluding steroid dienone is 2. The van der Waals surface area contributed by atoms with Crippen LogP contribution in [0.2, 0.25) is 0 Å². The van der Waals surface area contributed by atoms with Crippen LogP contribution < -0.4 is 0 Å². The summed E-state index contributed by atoms with van der Waals surface area (Å²) in [4.78, 5) is 23.5. The normalized spacial score (nSPS) is 29.5. The van der Waals surface area contributed by atoms with Crippen molar-refractivity contribution in [1.82, 2.24) is 0 Å². The maximum Gasteiger partial charge on any atom is 0.347 e. The average molecular weight is 463 g/mol. The molecule has 2 saturated carbocycles. The summed E-state index contributed by atoms with van der Waals surface area (Å²) in [6, 6.07) is 0. The first-order valence-electron chi connectivity index (χ1n) is 13.0. The van der Waals surface area contributed by atoms with Gasteiger partial charge in [-0.25, -0.2) is 4.79 Å². The second-order valence-electron chi connectivity index (χ2n) is 9.03. The molecular formula is C27H40O6. The zero-order valence-electron chi connectivity index (χ0n) is 22.3. The van der Waals surface area contributed by atoms with Crippen LogP contribution in [0.15, 0.2) is 23.8 Å². The molecule has 2 aliphatic rings. The molecule has 0 aromatic rings. The Hall–Kier alpha value is -2.10. The first kappa shape index (κ1) is 24.0. The van der Waals surface area contributed by atoms with Gasteiger partial charge in [-0.15, -0.1) is 11.8 Å². The number of hydrogen-bond donors (Lipinski definition) is 2. The van der Waals surface area contributed by atoms with Gasteiger partial charge < -0.3 is 19.7 Å². The Labute approximate surface area is 201 Å². The first-order valence-corrected chi connectivity index (χ1v) is 12.0. The lowest BCUT2D eigenvalue weighted by atomic mass is 9.89. The molecule has 0 aromatic heterocycles. The predicted octanol–water partition coefficient (Wildman–Crippen LogP) is 3.95. The van der Waals surface area contributed by atoms with E-state index in [1.807, 2.05) is 6.08 Å². The zero-order chi connectivity index (χ0) is 26.2. The highest BCUT2D eigenvalue weighted by molar-refractivity contribution is 5.78. The summed E-state index contributed by atoms with van der Waals surface area (Å²) in [7, 11) is 0. The van der Waals surface area contributed by atoms with Crippen molar-refractivity contribution in [3.63, 3.8) is 0 Å². The van der Waals surface area contributed by atoms with Crippen LogP contribution in [0.1, 0.15) is 75.3 Å². The molecule has 1 unspecified atom stereocenters. The van der Waals surface area contributed by atoms with Crippen LogP contribution in [0, 0.1) is 35.5 Å². The number of carbonyl (C=O) groups excluding carboxylic acids is 2. The molecule has 7 atom stereocenters. The van der Waals surface area contributed by atoms with Gasteiger partial charge in [0.1, 0.15) is 0 Å². The summed E-state index contributed by atoms with van der Waals surface area (Å²) in [5, 5.41) is 21.0. The molecule has 0 bridgehead atoms. The van der Waals surface area contributed by atoms with Crippen molar-refractivity contribution in [1.29, 1.82) is 0 Å². The topological polar surface area (TPSA) is 93.1 Å². The Kier molecular flexibility index (Phi) is 9.88. The number of esters is 2. The minimum Gasteiger partial charge on any atom is -0.463 e. The molecule has 0 heterocycles. The van der Waals surface area contributed by atoms with Crippen LogP contribution in [0.5, 0.6) is 0 Å². The summed E-state index contributed by atoms with van der Waals surface area (Å²) in [5.74, 6) is 4.05. The monoisotopic (exact) mass is 462 g/mol. The van der Waals surface area contributed by atoms with Crippen molar-refractivity contribution in [2.75, 3.05) is 6.61 Å². The van der Waals surface area contributed by atoms with Gasteiger partial charge in [-0.1, -0.05) is 30.7 Å². The second-order valence-corrected chi connectivity index (χ2v) is 9.03. The molecular weight excluding hydrogens is 420 g/mol. The highest BCUT2D eigenvalue weighted by Gasteiger charge is 2.45. The lowest BCUT2D eigenvalue weighted by Crippen LogP contribution is -2.26. The summed E-state index contributed by atoms with van der Waals surface area (Å²) in [6.45, 7) is 6.66. The molecule has 0 spiro atoms. The molecule has 2 aliphatic carbocycles. The lowest BCUT2D eigenvalue weighted by molar-refractivity contribution is -0.166. The van der Waals surface area contributed by atoms with Gasteiger partial charge in [-0.05, 0) is 70.6 Å². The summed E-state index contributed by atoms with van der Waals surface area (Å²) >= 11 is 0. The maximum absolute atomic E-state index is 11.9. The van der Waals surface area contributed by atoms with E-state index in [-0.39, 0.29) is 24.9 Å². The molecule has 0 amide bonds. The van der Waals surface area contributed by atoms with E-state index in [1.165, 1.54) is 12.5 Å². The minimum atomic E-state index is -1.79. The van der Waals surface area contributed by atoms with Gasteiger partial charge in [-0.2, -0.15) is 0 Å². The number of aliphatic hydroxyl groups is 2. The van der Waals surface area contributed by atoms with Crippen LogP contribution in [-0.4, -0.2) is 47.1 Å². The SMILES string of the molecule is [2H]C([2H])(C#CC)C(C)[C@H](O)/C=C/[C@@H]1[C@H]2C/C(=C/CCCC(=O)O[C@@H](C)C(=O)OCC)C[C@H]2C[C@H]1O. The molecule has 2 N–H and O–H groups in total. The molecule has 6 nitrogen and oxygen atoms in total. The standard InChI is InChI=1S/C27H40O6/c1-5-7-10-18(3)24(28)14-13-22-23-16-20(15-21(23)17-25(22)29)11-8-9-12-26(30)33-19(4)27(31)32-6-2/h11,13-14,18-19,21-25,28-29H,6,8-10,12,15-17H2,1-4H3/b14-13+,20-11+/t18?,19-,21-,22+,23-,24+,25+/m0/s1/i10D2. The van der Waals surface area contributed by atoms with Crippen LogP contribution in [0.4, 0.5) is 0 Å². The van der Waals surface area contributed by atoms with Gasteiger partial charge in [-0.3, -0.25) is 4.79 Å². The minimum absolute atomic E-state index is 0.0739. The van der Waals surface area contributed by atoms with E-state index in [0.717, 1.165) is 19.3 Å². The Bertz CT molecular complexity index is 855. The van der Waals surface area contributed by atoms with Gasteiger partial charge in [0.2, 0.25) is 0 Å². The second kappa shape index (κ2) is 13.6. The number of rotatable bonds is 11. The number of hydrogen-bond acceptors (Lipinski definition) is 6. The maximum atomic E-state index is 11.9.